The van der Waals surface area contributed by atoms with E-state index in [0.29, 0.717) is 0 Å². The van der Waals surface area contributed by atoms with E-state index < -0.39 is 17.5 Å². The molecule has 0 radical (unpaired) electrons. The van der Waals surface area contributed by atoms with Crippen LogP contribution in [0.3, 0.4) is 0 Å². The molecule has 88 valence electrons. The topological polar surface area (TPSA) is 32.9 Å². The quantitative estimate of drug-likeness (QED) is 0.801. The first kappa shape index (κ1) is 11.4. The molecule has 0 aliphatic rings. The fourth-order valence-electron chi connectivity index (χ4n) is 1.46. The van der Waals surface area contributed by atoms with Gasteiger partial charge in [-0.25, -0.2) is 0 Å². The second kappa shape index (κ2) is 4.08. The molecule has 1 heterocycles. The molecule has 0 saturated heterocycles. The Morgan fingerprint density at radius 1 is 1.12 bits per heavy atom. The lowest BCUT2D eigenvalue weighted by atomic mass is 10.1. The summed E-state index contributed by atoms with van der Waals surface area (Å²) < 4.78 is 37.4. The number of aromatic amines is 1. The van der Waals surface area contributed by atoms with Crippen LogP contribution in [-0.2, 0) is 6.18 Å². The molecule has 2 rings (SSSR count). The SMILES string of the molecule is O=C(c1cccc(C(F)(F)F)c1)c1ccc[nH]1. The van der Waals surface area contributed by atoms with E-state index >= 15 is 0 Å². The standard InChI is InChI=1S/C12H8F3NO/c13-12(14,15)9-4-1-3-8(7-9)11(17)10-5-2-6-16-10/h1-7,16H. The van der Waals surface area contributed by atoms with Gasteiger partial charge in [0.25, 0.3) is 0 Å². The Balaban J connectivity index is 2.38. The van der Waals surface area contributed by atoms with Gasteiger partial charge < -0.3 is 4.98 Å². The normalized spacial score (nSPS) is 11.5. The van der Waals surface area contributed by atoms with Gasteiger partial charge in [0.05, 0.1) is 11.3 Å². The zero-order valence-corrected chi connectivity index (χ0v) is 8.58. The minimum absolute atomic E-state index is 0.0160. The van der Waals surface area contributed by atoms with Crippen molar-refractivity contribution in [2.45, 2.75) is 6.18 Å². The Bertz CT molecular complexity index is 529. The third-order valence-corrected chi connectivity index (χ3v) is 2.29. The number of carbonyl (C=O) groups is 1. The number of ketones is 1. The smallest absolute Gasteiger partial charge is 0.359 e. The van der Waals surface area contributed by atoms with Gasteiger partial charge in [0, 0.05) is 11.8 Å². The molecule has 0 fully saturated rings. The van der Waals surface area contributed by atoms with Crippen molar-refractivity contribution in [2.24, 2.45) is 0 Å². The lowest BCUT2D eigenvalue weighted by Crippen LogP contribution is -2.08. The van der Waals surface area contributed by atoms with Crippen LogP contribution in [0.25, 0.3) is 0 Å². The molecule has 5 heteroatoms. The maximum absolute atomic E-state index is 12.5. The highest BCUT2D eigenvalue weighted by Crippen LogP contribution is 2.29. The summed E-state index contributed by atoms with van der Waals surface area (Å²) in [6.07, 6.45) is -2.90. The Morgan fingerprint density at radius 2 is 1.88 bits per heavy atom. The zero-order valence-electron chi connectivity index (χ0n) is 8.58. The number of halogens is 3. The number of carbonyl (C=O) groups excluding carboxylic acids is 1. The van der Waals surface area contributed by atoms with Crippen LogP contribution in [0.4, 0.5) is 13.2 Å². The molecule has 2 aromatic rings. The van der Waals surface area contributed by atoms with E-state index in [1.807, 2.05) is 0 Å². The predicted molar refractivity (Wildman–Crippen MR) is 55.7 cm³/mol. The van der Waals surface area contributed by atoms with Crippen LogP contribution in [0.15, 0.2) is 42.6 Å². The molecular formula is C12H8F3NO. The summed E-state index contributed by atoms with van der Waals surface area (Å²) in [4.78, 5) is 14.5. The molecule has 0 bridgehead atoms. The number of benzene rings is 1. The van der Waals surface area contributed by atoms with E-state index in [4.69, 9.17) is 0 Å². The first-order chi connectivity index (χ1) is 7.98. The van der Waals surface area contributed by atoms with Crippen molar-refractivity contribution in [3.8, 4) is 0 Å². The highest BCUT2D eigenvalue weighted by atomic mass is 19.4. The number of hydrogen-bond acceptors (Lipinski definition) is 1. The van der Waals surface area contributed by atoms with Gasteiger partial charge in [0.1, 0.15) is 0 Å². The van der Waals surface area contributed by atoms with Crippen LogP contribution < -0.4 is 0 Å². The molecule has 0 amide bonds. The minimum Gasteiger partial charge on any atom is -0.359 e. The van der Waals surface area contributed by atoms with E-state index in [-0.39, 0.29) is 11.3 Å². The fourth-order valence-corrected chi connectivity index (χ4v) is 1.46. The number of alkyl halides is 3. The highest BCUT2D eigenvalue weighted by Gasteiger charge is 2.30. The second-order valence-corrected chi connectivity index (χ2v) is 3.49. The summed E-state index contributed by atoms with van der Waals surface area (Å²) in [5.41, 5.74) is -0.540. The molecule has 2 nitrogen and oxygen atoms in total. The molecule has 0 aliphatic carbocycles. The maximum atomic E-state index is 12.5. The molecule has 0 saturated carbocycles. The number of rotatable bonds is 2. The summed E-state index contributed by atoms with van der Waals surface area (Å²) in [5.74, 6) is -0.457. The first-order valence-corrected chi connectivity index (χ1v) is 4.84. The average molecular weight is 239 g/mol. The maximum Gasteiger partial charge on any atom is 0.416 e. The Kier molecular flexibility index (Phi) is 2.75. The predicted octanol–water partition coefficient (Wildman–Crippen LogP) is 3.26. The Morgan fingerprint density at radius 3 is 2.47 bits per heavy atom. The van der Waals surface area contributed by atoms with Crippen molar-refractivity contribution < 1.29 is 18.0 Å². The van der Waals surface area contributed by atoms with Gasteiger partial charge in [-0.05, 0) is 24.3 Å². The lowest BCUT2D eigenvalue weighted by molar-refractivity contribution is -0.137. The van der Waals surface area contributed by atoms with E-state index in [0.717, 1.165) is 12.1 Å². The van der Waals surface area contributed by atoms with Gasteiger partial charge in [-0.15, -0.1) is 0 Å². The van der Waals surface area contributed by atoms with Crippen LogP contribution >= 0.6 is 0 Å². The highest BCUT2D eigenvalue weighted by molar-refractivity contribution is 6.07. The summed E-state index contributed by atoms with van der Waals surface area (Å²) in [5, 5.41) is 0. The largest absolute Gasteiger partial charge is 0.416 e. The first-order valence-electron chi connectivity index (χ1n) is 4.84. The minimum atomic E-state index is -4.44. The van der Waals surface area contributed by atoms with Crippen molar-refractivity contribution in [1.82, 2.24) is 4.98 Å². The monoisotopic (exact) mass is 239 g/mol. The van der Waals surface area contributed by atoms with Crippen molar-refractivity contribution in [3.63, 3.8) is 0 Å². The van der Waals surface area contributed by atoms with Gasteiger partial charge in [-0.3, -0.25) is 4.79 Å². The summed E-state index contributed by atoms with van der Waals surface area (Å²) in [6, 6.07) is 7.50. The average Bonchev–Trinajstić information content (AvgIpc) is 2.80. The van der Waals surface area contributed by atoms with E-state index in [1.165, 1.54) is 18.2 Å². The number of aromatic nitrogens is 1. The van der Waals surface area contributed by atoms with Crippen LogP contribution in [0.2, 0.25) is 0 Å². The summed E-state index contributed by atoms with van der Waals surface area (Å²) >= 11 is 0. The zero-order chi connectivity index (χ0) is 12.5. The molecule has 1 aromatic carbocycles. The van der Waals surface area contributed by atoms with Crippen LogP contribution in [0.5, 0.6) is 0 Å². The Labute approximate surface area is 95.1 Å². The van der Waals surface area contributed by atoms with Crippen LogP contribution in [0.1, 0.15) is 21.6 Å². The van der Waals surface area contributed by atoms with Crippen molar-refractivity contribution in [3.05, 3.63) is 59.4 Å². The summed E-state index contributed by atoms with van der Waals surface area (Å²) in [6.45, 7) is 0. The second-order valence-electron chi connectivity index (χ2n) is 3.49. The van der Waals surface area contributed by atoms with Gasteiger partial charge in [-0.1, -0.05) is 12.1 Å². The van der Waals surface area contributed by atoms with Crippen molar-refractivity contribution >= 4 is 5.78 Å². The molecular weight excluding hydrogens is 231 g/mol. The van der Waals surface area contributed by atoms with Gasteiger partial charge in [0.15, 0.2) is 0 Å². The molecule has 0 atom stereocenters. The van der Waals surface area contributed by atoms with Gasteiger partial charge in [-0.2, -0.15) is 13.2 Å². The van der Waals surface area contributed by atoms with Gasteiger partial charge >= 0.3 is 6.18 Å². The van der Waals surface area contributed by atoms with Crippen LogP contribution in [-0.4, -0.2) is 10.8 Å². The Hall–Kier alpha value is -2.04. The lowest BCUT2D eigenvalue weighted by Gasteiger charge is -2.07. The van der Waals surface area contributed by atoms with Crippen LogP contribution in [0, 0.1) is 0 Å². The third kappa shape index (κ3) is 2.38. The molecule has 0 spiro atoms. The van der Waals surface area contributed by atoms with E-state index in [9.17, 15) is 18.0 Å². The van der Waals surface area contributed by atoms with E-state index in [1.54, 1.807) is 12.3 Å². The summed E-state index contributed by atoms with van der Waals surface area (Å²) in [7, 11) is 0. The number of nitrogens with one attached hydrogen (secondary N) is 1. The molecule has 0 aliphatic heterocycles. The van der Waals surface area contributed by atoms with Crippen molar-refractivity contribution in [1.29, 1.82) is 0 Å². The molecule has 0 unspecified atom stereocenters. The third-order valence-electron chi connectivity index (χ3n) is 2.29. The molecule has 1 N–H and O–H groups in total. The number of H-pyrrole nitrogens is 1. The van der Waals surface area contributed by atoms with Gasteiger partial charge in [0.2, 0.25) is 5.78 Å². The fraction of sp³-hybridized carbons (Fsp3) is 0.0833. The molecule has 17 heavy (non-hydrogen) atoms. The molecule has 1 aromatic heterocycles. The number of hydrogen-bond donors (Lipinski definition) is 1. The van der Waals surface area contributed by atoms with Crippen molar-refractivity contribution in [2.75, 3.05) is 0 Å². The van der Waals surface area contributed by atoms with E-state index in [2.05, 4.69) is 4.98 Å².